The van der Waals surface area contributed by atoms with E-state index in [-0.39, 0.29) is 12.6 Å². The molecule has 0 radical (unpaired) electrons. The minimum atomic E-state index is -0.318. The maximum Gasteiger partial charge on any atom is 0.338 e. The second kappa shape index (κ2) is 7.91. The standard InChI is InChI=1S/C14H17ClO2/c1-2-3-5-12-6-8-13(9-7-12)14(16)17-11-4-10-15/h4,6-10H,2-3,5,11H2,1H3/b10-4+. The average Bonchev–Trinajstić information content (AvgIpc) is 2.37. The molecule has 2 nitrogen and oxygen atoms in total. The van der Waals surface area contributed by atoms with Crippen LogP contribution in [-0.2, 0) is 11.2 Å². The van der Waals surface area contributed by atoms with Gasteiger partial charge in [-0.25, -0.2) is 4.79 Å². The molecule has 0 atom stereocenters. The SMILES string of the molecule is CCCCc1ccc(C(=O)OC/C=C/Cl)cc1. The minimum absolute atomic E-state index is 0.208. The average molecular weight is 253 g/mol. The molecular weight excluding hydrogens is 236 g/mol. The molecule has 1 aromatic carbocycles. The van der Waals surface area contributed by atoms with Gasteiger partial charge in [-0.2, -0.15) is 0 Å². The van der Waals surface area contributed by atoms with Crippen LogP contribution < -0.4 is 0 Å². The summed E-state index contributed by atoms with van der Waals surface area (Å²) in [4.78, 5) is 11.5. The molecular formula is C14H17ClO2. The van der Waals surface area contributed by atoms with E-state index in [9.17, 15) is 4.79 Å². The van der Waals surface area contributed by atoms with Crippen molar-refractivity contribution < 1.29 is 9.53 Å². The monoisotopic (exact) mass is 252 g/mol. The summed E-state index contributed by atoms with van der Waals surface area (Å²) in [5.74, 6) is -0.318. The van der Waals surface area contributed by atoms with Crippen LogP contribution >= 0.6 is 11.6 Å². The highest BCUT2D eigenvalue weighted by Crippen LogP contribution is 2.09. The second-order valence-corrected chi connectivity index (χ2v) is 4.01. The predicted octanol–water partition coefficient (Wildman–Crippen LogP) is 3.94. The minimum Gasteiger partial charge on any atom is -0.458 e. The number of ether oxygens (including phenoxy) is 1. The molecule has 92 valence electrons. The van der Waals surface area contributed by atoms with Crippen molar-refractivity contribution in [2.75, 3.05) is 6.61 Å². The molecule has 3 heteroatoms. The Bertz CT molecular complexity index is 368. The van der Waals surface area contributed by atoms with Crippen molar-refractivity contribution in [1.29, 1.82) is 0 Å². The fourth-order valence-electron chi connectivity index (χ4n) is 1.43. The summed E-state index contributed by atoms with van der Waals surface area (Å²) >= 11 is 5.33. The van der Waals surface area contributed by atoms with Crippen molar-refractivity contribution in [3.63, 3.8) is 0 Å². The number of rotatable bonds is 6. The third-order valence-corrected chi connectivity index (χ3v) is 2.59. The van der Waals surface area contributed by atoms with Gasteiger partial charge >= 0.3 is 5.97 Å². The van der Waals surface area contributed by atoms with E-state index in [1.807, 2.05) is 12.1 Å². The van der Waals surface area contributed by atoms with Crippen LogP contribution in [0.4, 0.5) is 0 Å². The van der Waals surface area contributed by atoms with Crippen molar-refractivity contribution in [2.24, 2.45) is 0 Å². The largest absolute Gasteiger partial charge is 0.458 e. The molecule has 0 aliphatic carbocycles. The van der Waals surface area contributed by atoms with Crippen molar-refractivity contribution in [1.82, 2.24) is 0 Å². The summed E-state index contributed by atoms with van der Waals surface area (Å²) in [5.41, 5.74) is 3.17. The zero-order valence-corrected chi connectivity index (χ0v) is 10.7. The molecule has 0 aliphatic rings. The molecule has 0 bridgehead atoms. The lowest BCUT2D eigenvalue weighted by Crippen LogP contribution is -2.05. The molecule has 0 saturated carbocycles. The van der Waals surface area contributed by atoms with Crippen LogP contribution in [0.3, 0.4) is 0 Å². The Hall–Kier alpha value is -1.28. The summed E-state index contributed by atoms with van der Waals surface area (Å²) in [6.07, 6.45) is 4.98. The van der Waals surface area contributed by atoms with E-state index in [1.165, 1.54) is 23.9 Å². The van der Waals surface area contributed by atoms with Crippen LogP contribution in [0.5, 0.6) is 0 Å². The summed E-state index contributed by atoms with van der Waals surface area (Å²) in [6.45, 7) is 2.37. The first-order chi connectivity index (χ1) is 8.27. The lowest BCUT2D eigenvalue weighted by molar-refractivity contribution is 0.0549. The topological polar surface area (TPSA) is 26.3 Å². The highest BCUT2D eigenvalue weighted by atomic mass is 35.5. The number of hydrogen-bond acceptors (Lipinski definition) is 2. The molecule has 0 aromatic heterocycles. The van der Waals surface area contributed by atoms with E-state index in [2.05, 4.69) is 6.92 Å². The summed E-state index contributed by atoms with van der Waals surface area (Å²) in [7, 11) is 0. The fourth-order valence-corrected chi connectivity index (χ4v) is 1.50. The quantitative estimate of drug-likeness (QED) is 0.717. The van der Waals surface area contributed by atoms with Gasteiger partial charge in [-0.05, 0) is 36.6 Å². The second-order valence-electron chi connectivity index (χ2n) is 3.76. The number of hydrogen-bond donors (Lipinski definition) is 0. The maximum absolute atomic E-state index is 11.5. The number of carbonyl (C=O) groups excluding carboxylic acids is 1. The highest BCUT2D eigenvalue weighted by molar-refractivity contribution is 6.25. The Kier molecular flexibility index (Phi) is 6.41. The first-order valence-corrected chi connectivity index (χ1v) is 6.23. The molecule has 0 heterocycles. The van der Waals surface area contributed by atoms with Gasteiger partial charge < -0.3 is 4.74 Å². The van der Waals surface area contributed by atoms with Gasteiger partial charge in [-0.3, -0.25) is 0 Å². The van der Waals surface area contributed by atoms with Gasteiger partial charge in [-0.1, -0.05) is 37.1 Å². The smallest absolute Gasteiger partial charge is 0.338 e. The van der Waals surface area contributed by atoms with Crippen molar-refractivity contribution in [3.8, 4) is 0 Å². The van der Waals surface area contributed by atoms with E-state index in [1.54, 1.807) is 18.2 Å². The third-order valence-electron chi connectivity index (χ3n) is 2.41. The number of carbonyl (C=O) groups is 1. The van der Waals surface area contributed by atoms with Gasteiger partial charge in [0.05, 0.1) is 5.56 Å². The van der Waals surface area contributed by atoms with Crippen molar-refractivity contribution in [2.45, 2.75) is 26.2 Å². The molecule has 17 heavy (non-hydrogen) atoms. The summed E-state index contributed by atoms with van der Waals surface area (Å²) in [5, 5.41) is 0. The van der Waals surface area contributed by atoms with Crippen LogP contribution in [-0.4, -0.2) is 12.6 Å². The molecule has 0 fully saturated rings. The Morgan fingerprint density at radius 3 is 2.65 bits per heavy atom. The van der Waals surface area contributed by atoms with E-state index >= 15 is 0 Å². The van der Waals surface area contributed by atoms with Crippen LogP contribution in [0.25, 0.3) is 0 Å². The normalized spacial score (nSPS) is 10.7. The van der Waals surface area contributed by atoms with Crippen LogP contribution in [0.1, 0.15) is 35.7 Å². The first kappa shape index (κ1) is 13.8. The van der Waals surface area contributed by atoms with Gasteiger partial charge in [0.25, 0.3) is 0 Å². The maximum atomic E-state index is 11.5. The number of unbranched alkanes of at least 4 members (excludes halogenated alkanes) is 1. The Morgan fingerprint density at radius 1 is 1.35 bits per heavy atom. The number of benzene rings is 1. The lowest BCUT2D eigenvalue weighted by Gasteiger charge is -2.03. The number of aryl methyl sites for hydroxylation is 1. The van der Waals surface area contributed by atoms with E-state index in [4.69, 9.17) is 16.3 Å². The molecule has 0 saturated heterocycles. The Labute approximate surface area is 107 Å². The molecule has 1 aromatic rings. The van der Waals surface area contributed by atoms with Crippen molar-refractivity contribution >= 4 is 17.6 Å². The Morgan fingerprint density at radius 2 is 2.06 bits per heavy atom. The van der Waals surface area contributed by atoms with Gasteiger partial charge in [0.15, 0.2) is 0 Å². The number of esters is 1. The number of halogens is 1. The molecule has 0 spiro atoms. The van der Waals surface area contributed by atoms with Crippen LogP contribution in [0.2, 0.25) is 0 Å². The van der Waals surface area contributed by atoms with Gasteiger partial charge in [0, 0.05) is 5.54 Å². The first-order valence-electron chi connectivity index (χ1n) is 5.79. The van der Waals surface area contributed by atoms with E-state index < -0.39 is 0 Å². The fraction of sp³-hybridized carbons (Fsp3) is 0.357. The van der Waals surface area contributed by atoms with E-state index in [0.29, 0.717) is 5.56 Å². The predicted molar refractivity (Wildman–Crippen MR) is 70.3 cm³/mol. The van der Waals surface area contributed by atoms with Crippen molar-refractivity contribution in [3.05, 3.63) is 47.0 Å². The van der Waals surface area contributed by atoms with Gasteiger partial charge in [0.1, 0.15) is 6.61 Å². The zero-order valence-electron chi connectivity index (χ0n) is 9.99. The van der Waals surface area contributed by atoms with Gasteiger partial charge in [-0.15, -0.1) is 0 Å². The van der Waals surface area contributed by atoms with Crippen LogP contribution in [0, 0.1) is 0 Å². The zero-order chi connectivity index (χ0) is 12.5. The molecule has 0 aliphatic heterocycles. The summed E-state index contributed by atoms with van der Waals surface area (Å²) in [6, 6.07) is 7.56. The lowest BCUT2D eigenvalue weighted by atomic mass is 10.1. The van der Waals surface area contributed by atoms with Crippen LogP contribution in [0.15, 0.2) is 35.9 Å². The molecule has 0 N–H and O–H groups in total. The van der Waals surface area contributed by atoms with E-state index in [0.717, 1.165) is 6.42 Å². The highest BCUT2D eigenvalue weighted by Gasteiger charge is 2.05. The summed E-state index contributed by atoms with van der Waals surface area (Å²) < 4.78 is 4.98. The molecule has 0 amide bonds. The molecule has 0 unspecified atom stereocenters. The van der Waals surface area contributed by atoms with Gasteiger partial charge in [0.2, 0.25) is 0 Å². The Balaban J connectivity index is 2.51. The molecule has 1 rings (SSSR count). The third kappa shape index (κ3) is 5.05.